The molecule has 1 heterocycles. The lowest BCUT2D eigenvalue weighted by molar-refractivity contribution is 0.246. The molecule has 0 bridgehead atoms. The fourth-order valence-corrected chi connectivity index (χ4v) is 3.31. The van der Waals surface area contributed by atoms with Gasteiger partial charge < -0.3 is 10.6 Å². The second-order valence-corrected chi connectivity index (χ2v) is 7.01. The molecule has 2 rings (SSSR count). The number of carbonyl (C=O) groups is 1. The SMILES string of the molecule is CCNC(=O)NS(=O)(=O)c1cc(Nc2ccc(C)cn2)ccc1Cl. The van der Waals surface area contributed by atoms with E-state index in [0.717, 1.165) is 5.56 Å². The molecule has 0 aliphatic rings. The number of aromatic nitrogens is 1. The zero-order chi connectivity index (χ0) is 17.7. The monoisotopic (exact) mass is 368 g/mol. The second kappa shape index (κ2) is 7.50. The molecule has 0 fully saturated rings. The van der Waals surface area contributed by atoms with Crippen LogP contribution in [0.5, 0.6) is 0 Å². The average Bonchev–Trinajstić information content (AvgIpc) is 2.51. The Morgan fingerprint density at radius 2 is 2.00 bits per heavy atom. The fourth-order valence-electron chi connectivity index (χ4n) is 1.85. The lowest BCUT2D eigenvalue weighted by Crippen LogP contribution is -2.39. The Morgan fingerprint density at radius 3 is 2.62 bits per heavy atom. The van der Waals surface area contributed by atoms with Gasteiger partial charge in [0.25, 0.3) is 10.0 Å². The lowest BCUT2D eigenvalue weighted by Gasteiger charge is -2.11. The molecule has 0 atom stereocenters. The number of sulfonamides is 1. The molecule has 0 unspecified atom stereocenters. The smallest absolute Gasteiger partial charge is 0.328 e. The molecule has 0 saturated heterocycles. The number of nitrogens with one attached hydrogen (secondary N) is 3. The van der Waals surface area contributed by atoms with Crippen molar-refractivity contribution in [2.45, 2.75) is 18.7 Å². The van der Waals surface area contributed by atoms with Crippen LogP contribution in [0.2, 0.25) is 5.02 Å². The van der Waals surface area contributed by atoms with E-state index in [1.165, 1.54) is 12.1 Å². The zero-order valence-corrected chi connectivity index (χ0v) is 14.7. The minimum Gasteiger partial charge on any atom is -0.340 e. The van der Waals surface area contributed by atoms with Gasteiger partial charge in [-0.25, -0.2) is 22.9 Å². The summed E-state index contributed by atoms with van der Waals surface area (Å²) in [5, 5.41) is 5.35. The highest BCUT2D eigenvalue weighted by Crippen LogP contribution is 2.26. The predicted octanol–water partition coefficient (Wildman–Crippen LogP) is 2.79. The van der Waals surface area contributed by atoms with Gasteiger partial charge in [-0.15, -0.1) is 0 Å². The van der Waals surface area contributed by atoms with Crippen LogP contribution in [0.4, 0.5) is 16.3 Å². The van der Waals surface area contributed by atoms with Crippen LogP contribution in [0.15, 0.2) is 41.4 Å². The summed E-state index contributed by atoms with van der Waals surface area (Å²) in [6, 6.07) is 7.22. The van der Waals surface area contributed by atoms with Gasteiger partial charge in [-0.3, -0.25) is 0 Å². The third kappa shape index (κ3) is 4.59. The maximum absolute atomic E-state index is 12.3. The summed E-state index contributed by atoms with van der Waals surface area (Å²) in [7, 11) is -4.09. The number of hydrogen-bond donors (Lipinski definition) is 3. The molecule has 24 heavy (non-hydrogen) atoms. The average molecular weight is 369 g/mol. The highest BCUT2D eigenvalue weighted by molar-refractivity contribution is 7.90. The van der Waals surface area contributed by atoms with Gasteiger partial charge >= 0.3 is 6.03 Å². The summed E-state index contributed by atoms with van der Waals surface area (Å²) in [5.41, 5.74) is 1.48. The molecule has 0 aliphatic carbocycles. The van der Waals surface area contributed by atoms with E-state index in [1.807, 2.05) is 17.7 Å². The molecule has 0 saturated carbocycles. The summed E-state index contributed by atoms with van der Waals surface area (Å²) in [6.07, 6.45) is 1.69. The molecule has 1 aromatic heterocycles. The zero-order valence-electron chi connectivity index (χ0n) is 13.1. The number of urea groups is 1. The lowest BCUT2D eigenvalue weighted by atomic mass is 10.3. The fraction of sp³-hybridized carbons (Fsp3) is 0.200. The van der Waals surface area contributed by atoms with Crippen LogP contribution >= 0.6 is 11.6 Å². The molecule has 0 aliphatic heterocycles. The Bertz CT molecular complexity index is 838. The van der Waals surface area contributed by atoms with Crippen LogP contribution in [0.25, 0.3) is 0 Å². The van der Waals surface area contributed by atoms with Crippen molar-refractivity contribution in [2.75, 3.05) is 11.9 Å². The van der Waals surface area contributed by atoms with E-state index < -0.39 is 16.1 Å². The van der Waals surface area contributed by atoms with E-state index in [9.17, 15) is 13.2 Å². The van der Waals surface area contributed by atoms with Gasteiger partial charge in [0, 0.05) is 18.4 Å². The van der Waals surface area contributed by atoms with E-state index in [2.05, 4.69) is 15.6 Å². The van der Waals surface area contributed by atoms with Gasteiger partial charge in [0.2, 0.25) is 0 Å². The predicted molar refractivity (Wildman–Crippen MR) is 93.1 cm³/mol. The topological polar surface area (TPSA) is 100 Å². The molecule has 3 N–H and O–H groups in total. The molecule has 128 valence electrons. The van der Waals surface area contributed by atoms with Crippen molar-refractivity contribution in [1.29, 1.82) is 0 Å². The molecule has 1 aromatic carbocycles. The summed E-state index contributed by atoms with van der Waals surface area (Å²) in [5.74, 6) is 0.558. The Balaban J connectivity index is 2.27. The number of nitrogens with zero attached hydrogens (tertiary/aromatic N) is 1. The summed E-state index contributed by atoms with van der Waals surface area (Å²) in [6.45, 7) is 3.89. The van der Waals surface area contributed by atoms with Crippen LogP contribution in [0.1, 0.15) is 12.5 Å². The molecule has 0 spiro atoms. The highest BCUT2D eigenvalue weighted by atomic mass is 35.5. The third-order valence-corrected chi connectivity index (χ3v) is 4.78. The van der Waals surface area contributed by atoms with Crippen LogP contribution in [-0.2, 0) is 10.0 Å². The minimum absolute atomic E-state index is 0.00853. The number of aryl methyl sites for hydroxylation is 1. The van der Waals surface area contributed by atoms with E-state index in [1.54, 1.807) is 25.3 Å². The minimum atomic E-state index is -4.09. The van der Waals surface area contributed by atoms with Crippen LogP contribution in [0.3, 0.4) is 0 Å². The number of carbonyl (C=O) groups excluding carboxylic acids is 1. The second-order valence-electron chi connectivity index (χ2n) is 4.96. The molecular formula is C15H17ClN4O3S. The molecule has 2 aromatic rings. The molecule has 9 heteroatoms. The van der Waals surface area contributed by atoms with E-state index in [0.29, 0.717) is 18.1 Å². The Kier molecular flexibility index (Phi) is 5.63. The van der Waals surface area contributed by atoms with Crippen molar-refractivity contribution in [3.63, 3.8) is 0 Å². The third-order valence-electron chi connectivity index (χ3n) is 2.97. The largest absolute Gasteiger partial charge is 0.340 e. The highest BCUT2D eigenvalue weighted by Gasteiger charge is 2.21. The van der Waals surface area contributed by atoms with Gasteiger partial charge in [-0.05, 0) is 43.7 Å². The van der Waals surface area contributed by atoms with Gasteiger partial charge in [0.05, 0.1) is 5.02 Å². The van der Waals surface area contributed by atoms with Crippen LogP contribution in [-0.4, -0.2) is 26.0 Å². The van der Waals surface area contributed by atoms with Gasteiger partial charge in [-0.1, -0.05) is 17.7 Å². The standard InChI is InChI=1S/C15H17ClN4O3S/c1-3-17-15(21)20-24(22,23)13-8-11(5-6-12(13)16)19-14-7-4-10(2)9-18-14/h4-9H,3H2,1-2H3,(H,18,19)(H2,17,20,21). The molecular weight excluding hydrogens is 352 g/mol. The maximum Gasteiger partial charge on any atom is 0.328 e. The summed E-state index contributed by atoms with van der Waals surface area (Å²) < 4.78 is 26.5. The number of pyridine rings is 1. The first kappa shape index (κ1) is 18.0. The number of halogens is 1. The molecule has 7 nitrogen and oxygen atoms in total. The van der Waals surface area contributed by atoms with E-state index in [4.69, 9.17) is 11.6 Å². The number of anilines is 2. The van der Waals surface area contributed by atoms with Gasteiger partial charge in [0.15, 0.2) is 0 Å². The van der Waals surface area contributed by atoms with Crippen molar-refractivity contribution >= 4 is 39.2 Å². The quantitative estimate of drug-likeness (QED) is 0.753. The normalized spacial score (nSPS) is 11.0. The van der Waals surface area contributed by atoms with E-state index in [-0.39, 0.29) is 9.92 Å². The number of hydrogen-bond acceptors (Lipinski definition) is 5. The van der Waals surface area contributed by atoms with Crippen molar-refractivity contribution in [3.05, 3.63) is 47.1 Å². The van der Waals surface area contributed by atoms with Crippen LogP contribution in [0, 0.1) is 6.92 Å². The van der Waals surface area contributed by atoms with Gasteiger partial charge in [0.1, 0.15) is 10.7 Å². The summed E-state index contributed by atoms with van der Waals surface area (Å²) in [4.78, 5) is 15.5. The first-order valence-corrected chi connectivity index (χ1v) is 8.98. The first-order valence-electron chi connectivity index (χ1n) is 7.11. The Hall–Kier alpha value is -2.32. The van der Waals surface area contributed by atoms with Crippen LogP contribution < -0.4 is 15.4 Å². The Labute approximate surface area is 145 Å². The molecule has 2 amide bonds. The van der Waals surface area contributed by atoms with E-state index >= 15 is 0 Å². The number of benzene rings is 1. The van der Waals surface area contributed by atoms with Crippen molar-refractivity contribution in [3.8, 4) is 0 Å². The van der Waals surface area contributed by atoms with Crippen molar-refractivity contribution in [2.24, 2.45) is 0 Å². The number of rotatable bonds is 5. The van der Waals surface area contributed by atoms with Crippen molar-refractivity contribution < 1.29 is 13.2 Å². The Morgan fingerprint density at radius 1 is 1.25 bits per heavy atom. The first-order chi connectivity index (χ1) is 11.3. The number of amides is 2. The summed E-state index contributed by atoms with van der Waals surface area (Å²) >= 11 is 5.97. The van der Waals surface area contributed by atoms with Gasteiger partial charge in [-0.2, -0.15) is 0 Å². The molecule has 0 radical (unpaired) electrons. The van der Waals surface area contributed by atoms with Crippen molar-refractivity contribution in [1.82, 2.24) is 15.0 Å². The maximum atomic E-state index is 12.3.